The molecule has 1 aliphatic heterocycles. The van der Waals surface area contributed by atoms with Gasteiger partial charge in [0.25, 0.3) is 0 Å². The van der Waals surface area contributed by atoms with E-state index in [9.17, 15) is 0 Å². The summed E-state index contributed by atoms with van der Waals surface area (Å²) in [4.78, 5) is 2.60. The first kappa shape index (κ1) is 17.2. The number of piperidine rings is 1. The quantitative estimate of drug-likeness (QED) is 0.637. The minimum atomic E-state index is 0.723. The molecule has 1 fully saturated rings. The maximum atomic E-state index is 5.40. The van der Waals surface area contributed by atoms with Crippen LogP contribution in [0.2, 0.25) is 0 Å². The van der Waals surface area contributed by atoms with E-state index in [1.165, 1.54) is 43.5 Å². The average Bonchev–Trinajstić information content (AvgIpc) is 2.49. The highest BCUT2D eigenvalue weighted by Crippen LogP contribution is 2.17. The summed E-state index contributed by atoms with van der Waals surface area (Å²) in [6.45, 7) is 9.90. The van der Waals surface area contributed by atoms with Crippen LogP contribution in [0.4, 0.5) is 5.69 Å². The molecule has 0 aliphatic carbocycles. The van der Waals surface area contributed by atoms with Crippen molar-refractivity contribution >= 4 is 23.0 Å². The van der Waals surface area contributed by atoms with E-state index in [1.54, 1.807) is 0 Å². The molecule has 1 saturated heterocycles. The van der Waals surface area contributed by atoms with Gasteiger partial charge in [-0.2, -0.15) is 0 Å². The Morgan fingerprint density at radius 2 is 2.14 bits per heavy atom. The third-order valence-corrected chi connectivity index (χ3v) is 4.74. The van der Waals surface area contributed by atoms with E-state index in [1.807, 2.05) is 0 Å². The third kappa shape index (κ3) is 5.25. The fourth-order valence-corrected chi connectivity index (χ4v) is 3.22. The average molecular weight is 320 g/mol. The molecular formula is C18H29N3S. The molecule has 1 heterocycles. The molecule has 0 aromatic heterocycles. The number of thiocarbonyl (C=S) groups is 1. The highest BCUT2D eigenvalue weighted by Gasteiger charge is 2.17. The zero-order valence-electron chi connectivity index (χ0n) is 14.1. The van der Waals surface area contributed by atoms with Gasteiger partial charge in [-0.05, 0) is 76.0 Å². The number of anilines is 1. The fourth-order valence-electron chi connectivity index (χ4n) is 3.01. The molecular weight excluding hydrogens is 290 g/mol. The van der Waals surface area contributed by atoms with Gasteiger partial charge >= 0.3 is 0 Å². The molecule has 1 aliphatic rings. The molecule has 2 rings (SSSR count). The van der Waals surface area contributed by atoms with Gasteiger partial charge in [0.1, 0.15) is 0 Å². The van der Waals surface area contributed by atoms with Crippen LogP contribution in [0.3, 0.4) is 0 Å². The van der Waals surface area contributed by atoms with Gasteiger partial charge in [0.2, 0.25) is 0 Å². The Bertz CT molecular complexity index is 501. The second-order valence-electron chi connectivity index (χ2n) is 6.43. The van der Waals surface area contributed by atoms with Crippen molar-refractivity contribution in [2.75, 3.05) is 25.0 Å². The van der Waals surface area contributed by atoms with Gasteiger partial charge in [0, 0.05) is 24.8 Å². The first-order valence-electron chi connectivity index (χ1n) is 8.42. The van der Waals surface area contributed by atoms with Gasteiger partial charge < -0.3 is 15.5 Å². The lowest BCUT2D eigenvalue weighted by Gasteiger charge is -2.33. The number of rotatable bonds is 5. The fraction of sp³-hybridized carbons (Fsp3) is 0.611. The molecule has 1 aromatic carbocycles. The van der Waals surface area contributed by atoms with E-state index >= 15 is 0 Å². The Hall–Kier alpha value is -1.13. The molecule has 0 spiro atoms. The Morgan fingerprint density at radius 1 is 1.32 bits per heavy atom. The highest BCUT2D eigenvalue weighted by molar-refractivity contribution is 7.80. The number of nitrogens with one attached hydrogen (secondary N) is 2. The number of nitrogens with zero attached hydrogens (tertiary/aromatic N) is 1. The number of aryl methyl sites for hydroxylation is 2. The van der Waals surface area contributed by atoms with Gasteiger partial charge in [-0.15, -0.1) is 0 Å². The maximum absolute atomic E-state index is 5.40. The summed E-state index contributed by atoms with van der Waals surface area (Å²) in [5, 5.41) is 7.35. The van der Waals surface area contributed by atoms with Gasteiger partial charge in [0.05, 0.1) is 0 Å². The molecule has 1 aromatic rings. The topological polar surface area (TPSA) is 27.3 Å². The standard InChI is InChI=1S/C18H29N3S/c1-14-8-9-15(2)17(13-14)20-18(22)19-10-6-12-21-11-5-4-7-16(21)3/h8-9,13,16H,4-7,10-12H2,1-3H3,(H2,19,20,22)/t16-/m0/s1. The van der Waals surface area contributed by atoms with Crippen LogP contribution in [-0.2, 0) is 0 Å². The van der Waals surface area contributed by atoms with Crippen molar-refractivity contribution in [1.82, 2.24) is 10.2 Å². The molecule has 3 nitrogen and oxygen atoms in total. The third-order valence-electron chi connectivity index (χ3n) is 4.49. The van der Waals surface area contributed by atoms with Crippen LogP contribution >= 0.6 is 12.2 Å². The summed E-state index contributed by atoms with van der Waals surface area (Å²) < 4.78 is 0. The number of hydrogen-bond donors (Lipinski definition) is 2. The van der Waals surface area contributed by atoms with Gasteiger partial charge in [-0.1, -0.05) is 18.6 Å². The highest BCUT2D eigenvalue weighted by atomic mass is 32.1. The molecule has 22 heavy (non-hydrogen) atoms. The van der Waals surface area contributed by atoms with E-state index in [2.05, 4.69) is 54.5 Å². The molecule has 2 N–H and O–H groups in total. The Kier molecular flexibility index (Phi) is 6.65. The summed E-state index contributed by atoms with van der Waals surface area (Å²) in [5.74, 6) is 0. The van der Waals surface area contributed by atoms with Crippen molar-refractivity contribution in [3.8, 4) is 0 Å². The summed E-state index contributed by atoms with van der Waals surface area (Å²) in [6.07, 6.45) is 5.23. The lowest BCUT2D eigenvalue weighted by atomic mass is 10.0. The van der Waals surface area contributed by atoms with Crippen LogP contribution in [-0.4, -0.2) is 35.7 Å². The minimum Gasteiger partial charge on any atom is -0.362 e. The normalized spacial score (nSPS) is 19.0. The molecule has 0 bridgehead atoms. The molecule has 1 atom stereocenters. The number of hydrogen-bond acceptors (Lipinski definition) is 2. The monoisotopic (exact) mass is 319 g/mol. The Morgan fingerprint density at radius 3 is 2.91 bits per heavy atom. The van der Waals surface area contributed by atoms with Crippen molar-refractivity contribution in [3.63, 3.8) is 0 Å². The minimum absolute atomic E-state index is 0.723. The number of likely N-dealkylation sites (tertiary alicyclic amines) is 1. The Balaban J connectivity index is 1.68. The predicted molar refractivity (Wildman–Crippen MR) is 99.6 cm³/mol. The van der Waals surface area contributed by atoms with E-state index in [0.717, 1.165) is 29.8 Å². The van der Waals surface area contributed by atoms with Crippen molar-refractivity contribution in [1.29, 1.82) is 0 Å². The lowest BCUT2D eigenvalue weighted by molar-refractivity contribution is 0.159. The van der Waals surface area contributed by atoms with Crippen LogP contribution in [0.5, 0.6) is 0 Å². The molecule has 122 valence electrons. The second kappa shape index (κ2) is 8.49. The lowest BCUT2D eigenvalue weighted by Crippen LogP contribution is -2.39. The van der Waals surface area contributed by atoms with Gasteiger partial charge in [0.15, 0.2) is 5.11 Å². The summed E-state index contributed by atoms with van der Waals surface area (Å²) in [5.41, 5.74) is 3.56. The van der Waals surface area contributed by atoms with Crippen molar-refractivity contribution in [3.05, 3.63) is 29.3 Å². The van der Waals surface area contributed by atoms with Crippen LogP contribution < -0.4 is 10.6 Å². The molecule has 0 saturated carbocycles. The van der Waals surface area contributed by atoms with Crippen molar-refractivity contribution < 1.29 is 0 Å². The number of benzene rings is 1. The van der Waals surface area contributed by atoms with Crippen LogP contribution in [0.25, 0.3) is 0 Å². The second-order valence-corrected chi connectivity index (χ2v) is 6.84. The first-order valence-corrected chi connectivity index (χ1v) is 8.83. The summed E-state index contributed by atoms with van der Waals surface area (Å²) in [6, 6.07) is 7.13. The van der Waals surface area contributed by atoms with E-state index in [4.69, 9.17) is 12.2 Å². The molecule has 0 amide bonds. The Labute approximate surface area is 140 Å². The molecule has 4 heteroatoms. The first-order chi connectivity index (χ1) is 10.6. The van der Waals surface area contributed by atoms with Crippen LogP contribution in [0.15, 0.2) is 18.2 Å². The summed E-state index contributed by atoms with van der Waals surface area (Å²) >= 11 is 5.40. The van der Waals surface area contributed by atoms with Crippen LogP contribution in [0, 0.1) is 13.8 Å². The zero-order valence-corrected chi connectivity index (χ0v) is 14.9. The SMILES string of the molecule is Cc1ccc(C)c(NC(=S)NCCCN2CCCC[C@@H]2C)c1. The van der Waals surface area contributed by atoms with Crippen molar-refractivity contribution in [2.45, 2.75) is 52.5 Å². The van der Waals surface area contributed by atoms with E-state index in [0.29, 0.717) is 0 Å². The van der Waals surface area contributed by atoms with E-state index in [-0.39, 0.29) is 0 Å². The maximum Gasteiger partial charge on any atom is 0.170 e. The molecule has 0 radical (unpaired) electrons. The smallest absolute Gasteiger partial charge is 0.170 e. The van der Waals surface area contributed by atoms with Gasteiger partial charge in [-0.3, -0.25) is 0 Å². The predicted octanol–water partition coefficient (Wildman–Crippen LogP) is 3.85. The van der Waals surface area contributed by atoms with Crippen molar-refractivity contribution in [2.24, 2.45) is 0 Å². The largest absolute Gasteiger partial charge is 0.362 e. The zero-order chi connectivity index (χ0) is 15.9. The van der Waals surface area contributed by atoms with Gasteiger partial charge in [-0.25, -0.2) is 0 Å². The van der Waals surface area contributed by atoms with Crippen LogP contribution in [0.1, 0.15) is 43.7 Å². The van der Waals surface area contributed by atoms with E-state index < -0.39 is 0 Å². The summed E-state index contributed by atoms with van der Waals surface area (Å²) in [7, 11) is 0. The molecule has 0 unspecified atom stereocenters.